The summed E-state index contributed by atoms with van der Waals surface area (Å²) in [6.45, 7) is 2.17. The number of hydrogen-bond acceptors (Lipinski definition) is 6. The molecule has 1 unspecified atom stereocenters. The van der Waals surface area contributed by atoms with Crippen LogP contribution in [0.15, 0.2) is 12.5 Å². The van der Waals surface area contributed by atoms with Crippen LogP contribution in [0.5, 0.6) is 0 Å². The van der Waals surface area contributed by atoms with Gasteiger partial charge in [-0.2, -0.15) is 0 Å². The first-order valence-corrected chi connectivity index (χ1v) is 12.7. The fourth-order valence-electron chi connectivity index (χ4n) is 4.98. The number of imidazole rings is 1. The number of hydrogen-bond donors (Lipinski definition) is 2. The first kappa shape index (κ1) is 26.0. The zero-order valence-corrected chi connectivity index (χ0v) is 20.2. The Hall–Kier alpha value is -2.58. The van der Waals surface area contributed by atoms with Crippen LogP contribution in [0.25, 0.3) is 0 Å². The van der Waals surface area contributed by atoms with Gasteiger partial charge < -0.3 is 24.5 Å². The minimum absolute atomic E-state index is 0.0916. The van der Waals surface area contributed by atoms with Gasteiger partial charge in [-0.3, -0.25) is 9.59 Å². The highest BCUT2D eigenvalue weighted by Crippen LogP contribution is 2.32. The Labute approximate surface area is 201 Å². The number of aliphatic carboxylic acids is 1. The standard InChI is InChI=1S/C25H39N3O6/c1-18-9-11-22(12-10-18)28-15-21(27-16-28)14-20(23(29)30)8-5-13-26-25(32)34-17-33-24(31)19-6-3-2-4-7-19/h15-16,18-20,22H,2-14,17H2,1H3,(H,26,32)(H,29,30). The Bertz CT molecular complexity index is 796. The highest BCUT2D eigenvalue weighted by Gasteiger charge is 2.24. The zero-order valence-electron chi connectivity index (χ0n) is 20.2. The molecular weight excluding hydrogens is 438 g/mol. The van der Waals surface area contributed by atoms with Gasteiger partial charge in [-0.05, 0) is 57.3 Å². The maximum atomic E-state index is 11.9. The van der Waals surface area contributed by atoms with Gasteiger partial charge in [0.25, 0.3) is 0 Å². The molecule has 0 saturated heterocycles. The molecule has 0 aromatic carbocycles. The summed E-state index contributed by atoms with van der Waals surface area (Å²) in [5.74, 6) is -1.05. The number of alkyl carbamates (subject to hydrolysis) is 1. The molecule has 2 fully saturated rings. The highest BCUT2D eigenvalue weighted by molar-refractivity contribution is 5.73. The monoisotopic (exact) mass is 477 g/mol. The number of carbonyl (C=O) groups is 3. The van der Waals surface area contributed by atoms with Crippen LogP contribution < -0.4 is 5.32 Å². The summed E-state index contributed by atoms with van der Waals surface area (Å²) in [5, 5.41) is 12.2. The Morgan fingerprint density at radius 2 is 1.85 bits per heavy atom. The van der Waals surface area contributed by atoms with Gasteiger partial charge >= 0.3 is 18.0 Å². The molecule has 1 heterocycles. The summed E-state index contributed by atoms with van der Waals surface area (Å²) in [5.41, 5.74) is 0.790. The normalized spacial score (nSPS) is 22.0. The SMILES string of the molecule is CC1CCC(n2cnc(CC(CCCNC(=O)OCOC(=O)C3CCCCC3)C(=O)O)c2)CC1. The number of esters is 1. The number of ether oxygens (including phenoxy) is 2. The largest absolute Gasteiger partial charge is 0.481 e. The van der Waals surface area contributed by atoms with E-state index in [-0.39, 0.29) is 18.4 Å². The lowest BCUT2D eigenvalue weighted by atomic mass is 9.87. The molecule has 1 amide bonds. The van der Waals surface area contributed by atoms with E-state index in [4.69, 9.17) is 9.47 Å². The van der Waals surface area contributed by atoms with Crippen molar-refractivity contribution in [3.8, 4) is 0 Å². The highest BCUT2D eigenvalue weighted by atomic mass is 16.7. The minimum atomic E-state index is -0.863. The molecule has 1 atom stereocenters. The number of carbonyl (C=O) groups excluding carboxylic acids is 2. The van der Waals surface area contributed by atoms with Crippen LogP contribution in [0.1, 0.15) is 89.3 Å². The van der Waals surface area contributed by atoms with Gasteiger partial charge in [0.1, 0.15) is 0 Å². The van der Waals surface area contributed by atoms with Gasteiger partial charge in [-0.15, -0.1) is 0 Å². The first-order valence-electron chi connectivity index (χ1n) is 12.7. The summed E-state index contributed by atoms with van der Waals surface area (Å²) in [7, 11) is 0. The Kier molecular flexibility index (Phi) is 10.2. The van der Waals surface area contributed by atoms with Gasteiger partial charge in [0, 0.05) is 25.2 Å². The predicted molar refractivity (Wildman–Crippen MR) is 125 cm³/mol. The fraction of sp³-hybridized carbons (Fsp3) is 0.760. The average Bonchev–Trinajstić information content (AvgIpc) is 3.30. The van der Waals surface area contributed by atoms with Crippen LogP contribution in [0.3, 0.4) is 0 Å². The molecule has 190 valence electrons. The molecule has 1 aromatic rings. The van der Waals surface area contributed by atoms with Crippen LogP contribution in [0.2, 0.25) is 0 Å². The predicted octanol–water partition coefficient (Wildman–Crippen LogP) is 4.47. The molecule has 2 N–H and O–H groups in total. The van der Waals surface area contributed by atoms with Crippen molar-refractivity contribution in [2.24, 2.45) is 17.8 Å². The molecule has 34 heavy (non-hydrogen) atoms. The number of nitrogens with zero attached hydrogens (tertiary/aromatic N) is 2. The Balaban J connectivity index is 1.31. The smallest absolute Gasteiger partial charge is 0.410 e. The number of aromatic nitrogens is 2. The third-order valence-corrected chi connectivity index (χ3v) is 7.20. The van der Waals surface area contributed by atoms with Crippen molar-refractivity contribution in [1.29, 1.82) is 0 Å². The van der Waals surface area contributed by atoms with Gasteiger partial charge in [0.2, 0.25) is 6.79 Å². The minimum Gasteiger partial charge on any atom is -0.481 e. The van der Waals surface area contributed by atoms with E-state index in [1.54, 1.807) is 0 Å². The Morgan fingerprint density at radius 1 is 1.12 bits per heavy atom. The van der Waals surface area contributed by atoms with Gasteiger partial charge in [0.15, 0.2) is 0 Å². The van der Waals surface area contributed by atoms with E-state index in [0.717, 1.165) is 56.6 Å². The third-order valence-electron chi connectivity index (χ3n) is 7.20. The molecule has 2 aliphatic carbocycles. The topological polar surface area (TPSA) is 120 Å². The molecule has 1 aromatic heterocycles. The number of carboxylic acids is 1. The van der Waals surface area contributed by atoms with Crippen LogP contribution in [-0.2, 0) is 25.5 Å². The Morgan fingerprint density at radius 3 is 2.56 bits per heavy atom. The lowest BCUT2D eigenvalue weighted by Gasteiger charge is -2.26. The summed E-state index contributed by atoms with van der Waals surface area (Å²) < 4.78 is 12.1. The lowest BCUT2D eigenvalue weighted by Crippen LogP contribution is -2.29. The summed E-state index contributed by atoms with van der Waals surface area (Å²) in [4.78, 5) is 39.9. The van der Waals surface area contributed by atoms with Crippen LogP contribution in [0.4, 0.5) is 4.79 Å². The van der Waals surface area contributed by atoms with E-state index in [9.17, 15) is 19.5 Å². The molecule has 0 radical (unpaired) electrons. The van der Waals surface area contributed by atoms with Crippen molar-refractivity contribution in [3.63, 3.8) is 0 Å². The second kappa shape index (κ2) is 13.3. The van der Waals surface area contributed by atoms with E-state index >= 15 is 0 Å². The second-order valence-electron chi connectivity index (χ2n) is 9.88. The molecule has 2 saturated carbocycles. The van der Waals surface area contributed by atoms with Gasteiger partial charge in [-0.1, -0.05) is 26.2 Å². The van der Waals surface area contributed by atoms with Crippen molar-refractivity contribution < 1.29 is 29.0 Å². The van der Waals surface area contributed by atoms with Crippen LogP contribution in [-0.4, -0.2) is 46.0 Å². The quantitative estimate of drug-likeness (QED) is 0.274. The molecule has 2 aliphatic rings. The van der Waals surface area contributed by atoms with Crippen molar-refractivity contribution in [1.82, 2.24) is 14.9 Å². The number of rotatable bonds is 11. The van der Waals surface area contributed by atoms with Crippen molar-refractivity contribution >= 4 is 18.0 Å². The van der Waals surface area contributed by atoms with Crippen LogP contribution in [0, 0.1) is 17.8 Å². The zero-order chi connectivity index (χ0) is 24.3. The molecule has 9 heteroatoms. The average molecular weight is 478 g/mol. The van der Waals surface area contributed by atoms with Crippen molar-refractivity contribution in [2.45, 2.75) is 90.0 Å². The summed E-state index contributed by atoms with van der Waals surface area (Å²) >= 11 is 0. The lowest BCUT2D eigenvalue weighted by molar-refractivity contribution is -0.158. The maximum Gasteiger partial charge on any atom is 0.410 e. The van der Waals surface area contributed by atoms with Crippen molar-refractivity contribution in [3.05, 3.63) is 18.2 Å². The summed E-state index contributed by atoms with van der Waals surface area (Å²) in [6, 6.07) is 0.456. The number of amides is 1. The van der Waals surface area contributed by atoms with E-state index in [2.05, 4.69) is 21.8 Å². The van der Waals surface area contributed by atoms with Crippen LogP contribution >= 0.6 is 0 Å². The first-order chi connectivity index (χ1) is 16.4. The number of carboxylic acid groups (broad SMARTS) is 1. The van der Waals surface area contributed by atoms with E-state index < -0.39 is 24.8 Å². The second-order valence-corrected chi connectivity index (χ2v) is 9.88. The van der Waals surface area contributed by atoms with E-state index in [1.165, 1.54) is 12.8 Å². The molecular formula is C25H39N3O6. The van der Waals surface area contributed by atoms with E-state index in [0.29, 0.717) is 25.3 Å². The molecule has 0 bridgehead atoms. The fourth-order valence-corrected chi connectivity index (χ4v) is 4.98. The van der Waals surface area contributed by atoms with E-state index in [1.807, 2.05) is 12.5 Å². The summed E-state index contributed by atoms with van der Waals surface area (Å²) in [6.07, 6.45) is 14.0. The molecule has 9 nitrogen and oxygen atoms in total. The van der Waals surface area contributed by atoms with Crippen molar-refractivity contribution in [2.75, 3.05) is 13.3 Å². The number of nitrogens with one attached hydrogen (secondary N) is 1. The van der Waals surface area contributed by atoms with Gasteiger partial charge in [-0.25, -0.2) is 9.78 Å². The third kappa shape index (κ3) is 8.33. The molecule has 3 rings (SSSR count). The maximum absolute atomic E-state index is 11.9. The molecule has 0 spiro atoms. The molecule has 0 aliphatic heterocycles. The van der Waals surface area contributed by atoms with Gasteiger partial charge in [0.05, 0.1) is 23.9 Å².